The van der Waals surface area contributed by atoms with Gasteiger partial charge in [0, 0.05) is 24.7 Å². The van der Waals surface area contributed by atoms with Crippen LogP contribution in [0.25, 0.3) is 0 Å². The molecule has 24 heavy (non-hydrogen) atoms. The van der Waals surface area contributed by atoms with Crippen LogP contribution in [0, 0.1) is 0 Å². The smallest absolute Gasteiger partial charge is 0.258 e. The highest BCUT2D eigenvalue weighted by Gasteiger charge is 2.28. The first-order valence-corrected chi connectivity index (χ1v) is 9.78. The molecular formula is C16H20N2O5S. The lowest BCUT2D eigenvalue weighted by atomic mass is 10.2. The predicted molar refractivity (Wildman–Crippen MR) is 88.7 cm³/mol. The van der Waals surface area contributed by atoms with Gasteiger partial charge in [-0.25, -0.2) is 8.42 Å². The summed E-state index contributed by atoms with van der Waals surface area (Å²) in [6.45, 7) is 0.560. The fourth-order valence-electron chi connectivity index (χ4n) is 2.97. The normalized spacial score (nSPS) is 22.6. The van der Waals surface area contributed by atoms with Gasteiger partial charge in [0.1, 0.15) is 5.75 Å². The van der Waals surface area contributed by atoms with E-state index < -0.39 is 9.84 Å². The maximum Gasteiger partial charge on any atom is 0.258 e. The Morgan fingerprint density at radius 3 is 2.62 bits per heavy atom. The van der Waals surface area contributed by atoms with Gasteiger partial charge in [-0.05, 0) is 37.1 Å². The Labute approximate surface area is 140 Å². The topological polar surface area (TPSA) is 92.8 Å². The van der Waals surface area contributed by atoms with Crippen molar-refractivity contribution < 1.29 is 22.7 Å². The molecule has 0 aromatic heterocycles. The summed E-state index contributed by atoms with van der Waals surface area (Å²) < 4.78 is 28.1. The maximum absolute atomic E-state index is 11.8. The van der Waals surface area contributed by atoms with Gasteiger partial charge in [0.05, 0.1) is 11.5 Å². The molecular weight excluding hydrogens is 332 g/mol. The second-order valence-corrected chi connectivity index (χ2v) is 8.33. The Morgan fingerprint density at radius 1 is 1.29 bits per heavy atom. The van der Waals surface area contributed by atoms with Crippen LogP contribution >= 0.6 is 0 Å². The molecule has 1 atom stereocenters. The second-order valence-electron chi connectivity index (χ2n) is 6.10. The van der Waals surface area contributed by atoms with E-state index in [0.717, 1.165) is 18.7 Å². The van der Waals surface area contributed by atoms with Crippen molar-refractivity contribution in [2.24, 2.45) is 0 Å². The average molecular weight is 352 g/mol. The number of carbonyl (C=O) groups excluding carboxylic acids is 2. The third-order valence-corrected chi connectivity index (χ3v) is 5.96. The maximum atomic E-state index is 11.8. The lowest BCUT2D eigenvalue weighted by molar-refractivity contribution is -0.123. The third-order valence-electron chi connectivity index (χ3n) is 4.19. The minimum atomic E-state index is -3.01. The van der Waals surface area contributed by atoms with Crippen molar-refractivity contribution in [1.82, 2.24) is 5.32 Å². The van der Waals surface area contributed by atoms with Crippen molar-refractivity contribution in [3.8, 4) is 5.75 Å². The van der Waals surface area contributed by atoms with Crippen molar-refractivity contribution in [1.29, 1.82) is 0 Å². The SMILES string of the molecule is O=C(COc1ccc(N2CCCC2=O)cc1)N[C@H]1CCS(=O)(=O)C1. The summed E-state index contributed by atoms with van der Waals surface area (Å²) in [5.41, 5.74) is 0.825. The van der Waals surface area contributed by atoms with Crippen LogP contribution in [0.3, 0.4) is 0 Å². The highest BCUT2D eigenvalue weighted by Crippen LogP contribution is 2.23. The van der Waals surface area contributed by atoms with E-state index in [1.807, 2.05) is 0 Å². The predicted octanol–water partition coefficient (Wildman–Crippen LogP) is 0.496. The Balaban J connectivity index is 1.48. The number of nitrogens with zero attached hydrogens (tertiary/aromatic N) is 1. The number of ether oxygens (including phenoxy) is 1. The third kappa shape index (κ3) is 4.05. The Bertz CT molecular complexity index is 729. The summed E-state index contributed by atoms with van der Waals surface area (Å²) >= 11 is 0. The first-order valence-electron chi connectivity index (χ1n) is 7.96. The van der Waals surface area contributed by atoms with E-state index in [1.165, 1.54) is 0 Å². The molecule has 8 heteroatoms. The van der Waals surface area contributed by atoms with Gasteiger partial charge in [-0.2, -0.15) is 0 Å². The van der Waals surface area contributed by atoms with E-state index in [0.29, 0.717) is 18.6 Å². The standard InChI is InChI=1S/C16H20N2O5S/c19-15(17-12-7-9-24(21,22)11-12)10-23-14-5-3-13(4-6-14)18-8-1-2-16(18)20/h3-6,12H,1-2,7-11H2,(H,17,19)/t12-/m0/s1. The number of amides is 2. The van der Waals surface area contributed by atoms with E-state index in [4.69, 9.17) is 4.74 Å². The van der Waals surface area contributed by atoms with E-state index in [9.17, 15) is 18.0 Å². The van der Waals surface area contributed by atoms with Gasteiger partial charge in [-0.1, -0.05) is 0 Å². The van der Waals surface area contributed by atoms with Crippen LogP contribution in [-0.4, -0.2) is 50.9 Å². The largest absolute Gasteiger partial charge is 0.484 e. The summed E-state index contributed by atoms with van der Waals surface area (Å²) in [6, 6.07) is 6.69. The molecule has 1 N–H and O–H groups in total. The van der Waals surface area contributed by atoms with Crippen LogP contribution in [0.1, 0.15) is 19.3 Å². The minimum absolute atomic E-state index is 0.00268. The lowest BCUT2D eigenvalue weighted by Crippen LogP contribution is -2.38. The summed E-state index contributed by atoms with van der Waals surface area (Å²) in [5.74, 6) is 0.428. The number of benzene rings is 1. The van der Waals surface area contributed by atoms with Crippen LogP contribution in [0.2, 0.25) is 0 Å². The van der Waals surface area contributed by atoms with Crippen LogP contribution < -0.4 is 15.0 Å². The van der Waals surface area contributed by atoms with Gasteiger partial charge < -0.3 is 15.0 Å². The minimum Gasteiger partial charge on any atom is -0.484 e. The molecule has 0 unspecified atom stereocenters. The van der Waals surface area contributed by atoms with E-state index in [-0.39, 0.29) is 36.0 Å². The van der Waals surface area contributed by atoms with Gasteiger partial charge >= 0.3 is 0 Å². The first-order chi connectivity index (χ1) is 11.4. The number of rotatable bonds is 5. The van der Waals surface area contributed by atoms with Gasteiger partial charge in [-0.3, -0.25) is 9.59 Å². The molecule has 3 rings (SSSR count). The number of sulfone groups is 1. The fourth-order valence-corrected chi connectivity index (χ4v) is 4.64. The molecule has 1 aromatic carbocycles. The summed E-state index contributed by atoms with van der Waals surface area (Å²) in [6.07, 6.45) is 1.90. The molecule has 0 bridgehead atoms. The molecule has 0 aliphatic carbocycles. The molecule has 2 amide bonds. The van der Waals surface area contributed by atoms with Gasteiger partial charge in [0.2, 0.25) is 5.91 Å². The molecule has 2 heterocycles. The highest BCUT2D eigenvalue weighted by molar-refractivity contribution is 7.91. The quantitative estimate of drug-likeness (QED) is 0.833. The van der Waals surface area contributed by atoms with Crippen LogP contribution in [0.15, 0.2) is 24.3 Å². The molecule has 7 nitrogen and oxygen atoms in total. The van der Waals surface area contributed by atoms with Crippen LogP contribution in [0.5, 0.6) is 5.75 Å². The number of nitrogens with one attached hydrogen (secondary N) is 1. The molecule has 2 fully saturated rings. The molecule has 0 spiro atoms. The number of hydrogen-bond donors (Lipinski definition) is 1. The lowest BCUT2D eigenvalue weighted by Gasteiger charge is -2.16. The number of anilines is 1. The summed E-state index contributed by atoms with van der Waals surface area (Å²) in [7, 11) is -3.01. The highest BCUT2D eigenvalue weighted by atomic mass is 32.2. The average Bonchev–Trinajstić information content (AvgIpc) is 3.11. The zero-order valence-corrected chi connectivity index (χ0v) is 14.0. The summed E-state index contributed by atoms with van der Waals surface area (Å²) in [5, 5.41) is 2.67. The van der Waals surface area contributed by atoms with Crippen molar-refractivity contribution in [3.63, 3.8) is 0 Å². The summed E-state index contributed by atoms with van der Waals surface area (Å²) in [4.78, 5) is 25.2. The van der Waals surface area contributed by atoms with Crippen molar-refractivity contribution in [3.05, 3.63) is 24.3 Å². The first kappa shape index (κ1) is 16.8. The molecule has 2 aliphatic rings. The Morgan fingerprint density at radius 2 is 2.04 bits per heavy atom. The fraction of sp³-hybridized carbons (Fsp3) is 0.500. The Hall–Kier alpha value is -2.09. The van der Waals surface area contributed by atoms with Gasteiger partial charge in [0.15, 0.2) is 16.4 Å². The number of carbonyl (C=O) groups is 2. The molecule has 2 saturated heterocycles. The van der Waals surface area contributed by atoms with Crippen molar-refractivity contribution >= 4 is 27.3 Å². The number of hydrogen-bond acceptors (Lipinski definition) is 5. The molecule has 130 valence electrons. The van der Waals surface area contributed by atoms with E-state index >= 15 is 0 Å². The van der Waals surface area contributed by atoms with Gasteiger partial charge in [-0.15, -0.1) is 0 Å². The molecule has 0 saturated carbocycles. The van der Waals surface area contributed by atoms with Crippen molar-refractivity contribution in [2.45, 2.75) is 25.3 Å². The van der Waals surface area contributed by atoms with Crippen LogP contribution in [0.4, 0.5) is 5.69 Å². The van der Waals surface area contributed by atoms with E-state index in [2.05, 4.69) is 5.32 Å². The van der Waals surface area contributed by atoms with Crippen molar-refractivity contribution in [2.75, 3.05) is 29.6 Å². The molecule has 0 radical (unpaired) electrons. The monoisotopic (exact) mass is 352 g/mol. The zero-order valence-electron chi connectivity index (χ0n) is 13.2. The van der Waals surface area contributed by atoms with Gasteiger partial charge in [0.25, 0.3) is 5.91 Å². The molecule has 2 aliphatic heterocycles. The zero-order chi connectivity index (χ0) is 17.2. The second kappa shape index (κ2) is 6.80. The Kier molecular flexibility index (Phi) is 4.75. The van der Waals surface area contributed by atoms with E-state index in [1.54, 1.807) is 29.2 Å². The molecule has 1 aromatic rings. The van der Waals surface area contributed by atoms with Crippen LogP contribution in [-0.2, 0) is 19.4 Å².